The number of nitrogens with one attached hydrogen (secondary N) is 3. The standard InChI is InChI=1S/C47H40N4O6/c1-55-45(52)31-18-12-28(13-19-31)42-36-10-6-4-8-34(48-36)35-9-5-7-11-37(49-35)43(29-14-20-32(21-15-29)46(53)56-2)39-25-27-41(51-39)44(40-26-24-38(42)50-40)30-16-22-33(23-17-30)47(54)57-3/h4-27,34-37,48-50H,1-3H3/b42-38-,43-39?,44-40-. The summed E-state index contributed by atoms with van der Waals surface area (Å²) < 4.78 is 15.0. The third kappa shape index (κ3) is 7.43. The molecule has 3 aromatic carbocycles. The van der Waals surface area contributed by atoms with Crippen LogP contribution < -0.4 is 21.3 Å². The molecule has 5 heterocycles. The molecule has 0 saturated heterocycles. The zero-order valence-corrected chi connectivity index (χ0v) is 31.6. The first-order valence-electron chi connectivity index (χ1n) is 18.6. The van der Waals surface area contributed by atoms with Crippen LogP contribution in [0.5, 0.6) is 0 Å². The highest BCUT2D eigenvalue weighted by molar-refractivity contribution is 6.30. The molecule has 4 unspecified atom stereocenters. The molecule has 0 aliphatic carbocycles. The molecule has 1 aromatic heterocycles. The number of ether oxygens (including phenoxy) is 3. The van der Waals surface area contributed by atoms with E-state index in [-0.39, 0.29) is 24.2 Å². The Kier molecular flexibility index (Phi) is 10.5. The van der Waals surface area contributed by atoms with E-state index in [1.54, 1.807) is 36.4 Å². The number of aromatic amines is 1. The lowest BCUT2D eigenvalue weighted by Crippen LogP contribution is -2.52. The lowest BCUT2D eigenvalue weighted by molar-refractivity contribution is 0.0592. The molecule has 3 N–H and O–H groups in total. The number of H-pyrrole nitrogens is 1. The van der Waals surface area contributed by atoms with Gasteiger partial charge >= 0.3 is 17.9 Å². The number of methoxy groups -OCH3 is 3. The molecule has 8 bridgehead atoms. The first-order valence-corrected chi connectivity index (χ1v) is 18.6. The number of hydrogen-bond acceptors (Lipinski definition) is 9. The lowest BCUT2D eigenvalue weighted by atomic mass is 9.93. The summed E-state index contributed by atoms with van der Waals surface area (Å²) in [6.07, 6.45) is 20.8. The summed E-state index contributed by atoms with van der Waals surface area (Å²) in [6, 6.07) is 25.3. The van der Waals surface area contributed by atoms with E-state index in [0.29, 0.717) is 16.7 Å². The average molecular weight is 757 g/mol. The molecule has 0 spiro atoms. The summed E-state index contributed by atoms with van der Waals surface area (Å²) in [6.45, 7) is 0. The Bertz CT molecular complexity index is 2590. The van der Waals surface area contributed by atoms with Gasteiger partial charge in [0.05, 0.1) is 61.5 Å². The second-order valence-corrected chi connectivity index (χ2v) is 13.8. The topological polar surface area (TPSA) is 131 Å². The third-order valence-electron chi connectivity index (χ3n) is 10.5. The van der Waals surface area contributed by atoms with Gasteiger partial charge in [0.1, 0.15) is 0 Å². The highest BCUT2D eigenvalue weighted by Crippen LogP contribution is 2.32. The summed E-state index contributed by atoms with van der Waals surface area (Å²) in [5, 5.41) is 9.51. The highest BCUT2D eigenvalue weighted by Gasteiger charge is 2.30. The minimum atomic E-state index is -0.423. The molecule has 4 aromatic rings. The van der Waals surface area contributed by atoms with Crippen molar-refractivity contribution in [1.82, 2.24) is 15.6 Å². The van der Waals surface area contributed by atoms with Gasteiger partial charge in [-0.1, -0.05) is 85.0 Å². The SMILES string of the molecule is COC(=O)c1ccc(C2=C3C=CC(=N3)/C(c3ccc(C(=O)OC)cc3)=c3/cc/c([nH]3)=C(\c3ccc(C(=O)OC)cc3)C3C=CC=CC(N3)C3C=CC=CC2N3)cc1. The average Bonchev–Trinajstić information content (AvgIpc) is 3.77. The fourth-order valence-electron chi connectivity index (χ4n) is 7.64. The zero-order chi connectivity index (χ0) is 39.5. The van der Waals surface area contributed by atoms with Crippen LogP contribution >= 0.6 is 0 Å². The van der Waals surface area contributed by atoms with Crippen molar-refractivity contribution < 1.29 is 28.6 Å². The van der Waals surface area contributed by atoms with Crippen molar-refractivity contribution >= 4 is 40.3 Å². The molecule has 0 radical (unpaired) electrons. The Hall–Kier alpha value is -6.88. The van der Waals surface area contributed by atoms with Gasteiger partial charge in [0, 0.05) is 39.5 Å². The number of aromatic nitrogens is 1. The van der Waals surface area contributed by atoms with Gasteiger partial charge in [-0.05, 0) is 77.4 Å². The van der Waals surface area contributed by atoms with Crippen LogP contribution in [-0.4, -0.2) is 74.1 Å². The Morgan fingerprint density at radius 2 is 0.947 bits per heavy atom. The summed E-state index contributed by atoms with van der Waals surface area (Å²) >= 11 is 0. The second-order valence-electron chi connectivity index (χ2n) is 13.8. The van der Waals surface area contributed by atoms with Gasteiger partial charge in [0.2, 0.25) is 0 Å². The first-order chi connectivity index (χ1) is 27.8. The predicted molar refractivity (Wildman–Crippen MR) is 220 cm³/mol. The maximum atomic E-state index is 12.4. The molecule has 0 fully saturated rings. The van der Waals surface area contributed by atoms with Crippen LogP contribution in [0.2, 0.25) is 0 Å². The molecule has 4 aliphatic heterocycles. The number of carbonyl (C=O) groups is 3. The van der Waals surface area contributed by atoms with E-state index in [2.05, 4.69) is 64.2 Å². The minimum absolute atomic E-state index is 0.158. The number of allylic oxidation sites excluding steroid dienone is 6. The molecule has 10 nitrogen and oxygen atoms in total. The predicted octanol–water partition coefficient (Wildman–Crippen LogP) is 5.11. The Morgan fingerprint density at radius 1 is 0.509 bits per heavy atom. The maximum absolute atomic E-state index is 12.4. The fourth-order valence-corrected chi connectivity index (χ4v) is 7.64. The quantitative estimate of drug-likeness (QED) is 0.183. The van der Waals surface area contributed by atoms with E-state index in [9.17, 15) is 14.4 Å². The van der Waals surface area contributed by atoms with E-state index >= 15 is 0 Å². The number of aliphatic imine (C=N–C) groups is 1. The number of rotatable bonds is 6. The van der Waals surface area contributed by atoms with E-state index in [1.165, 1.54) is 21.3 Å². The van der Waals surface area contributed by atoms with E-state index in [0.717, 1.165) is 55.5 Å². The highest BCUT2D eigenvalue weighted by atomic mass is 16.5. The van der Waals surface area contributed by atoms with Crippen molar-refractivity contribution in [3.8, 4) is 0 Å². The van der Waals surface area contributed by atoms with Crippen LogP contribution in [0.4, 0.5) is 0 Å². The zero-order valence-electron chi connectivity index (χ0n) is 31.6. The lowest BCUT2D eigenvalue weighted by Gasteiger charge is -2.31. The first kappa shape index (κ1) is 37.1. The number of esters is 3. The molecule has 10 heteroatoms. The van der Waals surface area contributed by atoms with E-state index < -0.39 is 17.9 Å². The number of benzene rings is 3. The van der Waals surface area contributed by atoms with Gasteiger partial charge in [-0.15, -0.1) is 0 Å². The summed E-state index contributed by atoms with van der Waals surface area (Å²) in [4.78, 5) is 46.3. The Labute approximate surface area is 329 Å². The largest absolute Gasteiger partial charge is 0.465 e. The minimum Gasteiger partial charge on any atom is -0.465 e. The molecular weight excluding hydrogens is 717 g/mol. The molecule has 4 aliphatic rings. The Morgan fingerprint density at radius 3 is 1.46 bits per heavy atom. The van der Waals surface area contributed by atoms with Crippen molar-refractivity contribution in [2.45, 2.75) is 24.2 Å². The van der Waals surface area contributed by atoms with E-state index in [4.69, 9.17) is 19.2 Å². The molecule has 4 atom stereocenters. The van der Waals surface area contributed by atoms with Crippen molar-refractivity contribution in [1.29, 1.82) is 0 Å². The van der Waals surface area contributed by atoms with Gasteiger partial charge in [-0.2, -0.15) is 0 Å². The normalized spacial score (nSPS) is 22.8. The van der Waals surface area contributed by atoms with Crippen LogP contribution in [-0.2, 0) is 14.2 Å². The van der Waals surface area contributed by atoms with Gasteiger partial charge in [0.15, 0.2) is 0 Å². The fraction of sp³-hybridized carbons (Fsp3) is 0.149. The monoisotopic (exact) mass is 756 g/mol. The maximum Gasteiger partial charge on any atom is 0.337 e. The number of nitrogens with zero attached hydrogens (tertiary/aromatic N) is 1. The smallest absolute Gasteiger partial charge is 0.337 e. The summed E-state index contributed by atoms with van der Waals surface area (Å²) in [7, 11) is 4.11. The van der Waals surface area contributed by atoms with Crippen molar-refractivity contribution in [3.63, 3.8) is 0 Å². The summed E-state index contributed by atoms with van der Waals surface area (Å²) in [5.41, 5.74) is 8.18. The number of hydrogen-bond donors (Lipinski definition) is 3. The van der Waals surface area contributed by atoms with Gasteiger partial charge < -0.3 is 19.2 Å². The molecule has 284 valence electrons. The van der Waals surface area contributed by atoms with E-state index in [1.807, 2.05) is 60.7 Å². The van der Waals surface area contributed by atoms with Gasteiger partial charge in [0.25, 0.3) is 0 Å². The van der Waals surface area contributed by atoms with Crippen LogP contribution in [0.25, 0.3) is 16.7 Å². The van der Waals surface area contributed by atoms with Crippen LogP contribution in [0.1, 0.15) is 47.8 Å². The molecule has 0 saturated carbocycles. The Balaban J connectivity index is 1.40. The molecule has 8 rings (SSSR count). The molecule has 57 heavy (non-hydrogen) atoms. The van der Waals surface area contributed by atoms with Gasteiger partial charge in [-0.3, -0.25) is 10.6 Å². The van der Waals surface area contributed by atoms with Crippen molar-refractivity contribution in [2.75, 3.05) is 21.3 Å². The molecule has 0 amide bonds. The summed E-state index contributed by atoms with van der Waals surface area (Å²) in [5.74, 6) is -1.24. The van der Waals surface area contributed by atoms with Crippen LogP contribution in [0, 0.1) is 0 Å². The van der Waals surface area contributed by atoms with Crippen molar-refractivity contribution in [2.24, 2.45) is 4.99 Å². The third-order valence-corrected chi connectivity index (χ3v) is 10.5. The van der Waals surface area contributed by atoms with Gasteiger partial charge in [-0.25, -0.2) is 19.4 Å². The van der Waals surface area contributed by atoms with Crippen molar-refractivity contribution in [3.05, 3.63) is 195 Å². The van der Waals surface area contributed by atoms with Crippen LogP contribution in [0.3, 0.4) is 0 Å². The number of carbonyl (C=O) groups excluding carboxylic acids is 3. The second kappa shape index (κ2) is 16.1. The van der Waals surface area contributed by atoms with Crippen LogP contribution in [0.15, 0.2) is 156 Å². The molecular formula is C47H40N4O6. The number of fused-ring (bicyclic) bond motifs is 8.